The van der Waals surface area contributed by atoms with E-state index < -0.39 is 11.9 Å². The summed E-state index contributed by atoms with van der Waals surface area (Å²) in [4.78, 5) is 17.5. The number of benzene rings is 2. The molecule has 0 radical (unpaired) electrons. The van der Waals surface area contributed by atoms with Crippen LogP contribution in [0.1, 0.15) is 18.0 Å². The molecule has 1 atom stereocenters. The molecule has 8 heteroatoms. The van der Waals surface area contributed by atoms with Gasteiger partial charge in [-0.25, -0.2) is 9.37 Å². The van der Waals surface area contributed by atoms with Gasteiger partial charge in [0, 0.05) is 0 Å². The molecule has 0 aliphatic rings. The lowest BCUT2D eigenvalue weighted by atomic mass is 10.2. The standard InChI is InChI=1S/C17H11ClFN3O2S/c1-9(24-14-7-6-10(19)8-12(14)18)15-21-22-16(23)11-4-2-3-5-13(11)20-17(22)25-15/h2-9H,1H3/t9-/m0/s1. The van der Waals surface area contributed by atoms with Crippen LogP contribution in [0.2, 0.25) is 5.02 Å². The first kappa shape index (κ1) is 16.0. The third kappa shape index (κ3) is 2.85. The highest BCUT2D eigenvalue weighted by Gasteiger charge is 2.17. The van der Waals surface area contributed by atoms with Crippen LogP contribution in [0.4, 0.5) is 4.39 Å². The van der Waals surface area contributed by atoms with E-state index in [2.05, 4.69) is 10.1 Å². The molecule has 25 heavy (non-hydrogen) atoms. The second-order valence-corrected chi connectivity index (χ2v) is 6.80. The van der Waals surface area contributed by atoms with Gasteiger partial charge >= 0.3 is 0 Å². The van der Waals surface area contributed by atoms with Crippen LogP contribution < -0.4 is 10.3 Å². The molecule has 5 nitrogen and oxygen atoms in total. The van der Waals surface area contributed by atoms with Gasteiger partial charge in [-0.3, -0.25) is 4.79 Å². The maximum Gasteiger partial charge on any atom is 0.283 e. The largest absolute Gasteiger partial charge is 0.482 e. The molecule has 0 aliphatic heterocycles. The smallest absolute Gasteiger partial charge is 0.283 e. The SMILES string of the molecule is C[C@H](Oc1ccc(F)cc1Cl)c1nn2c(=O)c3ccccc3nc2s1. The minimum absolute atomic E-state index is 0.175. The van der Waals surface area contributed by atoms with Crippen molar-refractivity contribution in [1.29, 1.82) is 0 Å². The fraction of sp³-hybridized carbons (Fsp3) is 0.118. The molecule has 0 saturated heterocycles. The summed E-state index contributed by atoms with van der Waals surface area (Å²) in [5.41, 5.74) is 0.396. The topological polar surface area (TPSA) is 56.5 Å². The van der Waals surface area contributed by atoms with Crippen molar-refractivity contribution in [3.63, 3.8) is 0 Å². The normalized spacial score (nSPS) is 12.6. The first-order chi connectivity index (χ1) is 12.0. The zero-order chi connectivity index (χ0) is 17.6. The zero-order valence-electron chi connectivity index (χ0n) is 12.9. The molecule has 0 amide bonds. The summed E-state index contributed by atoms with van der Waals surface area (Å²) in [6, 6.07) is 11.0. The van der Waals surface area contributed by atoms with E-state index in [1.807, 2.05) is 6.07 Å². The average molecular weight is 376 g/mol. The zero-order valence-corrected chi connectivity index (χ0v) is 14.5. The molecule has 4 aromatic rings. The van der Waals surface area contributed by atoms with Crippen molar-refractivity contribution in [1.82, 2.24) is 14.6 Å². The van der Waals surface area contributed by atoms with E-state index in [1.165, 1.54) is 34.1 Å². The Morgan fingerprint density at radius 2 is 2.08 bits per heavy atom. The lowest BCUT2D eigenvalue weighted by Gasteiger charge is -2.12. The summed E-state index contributed by atoms with van der Waals surface area (Å²) >= 11 is 7.25. The van der Waals surface area contributed by atoms with Gasteiger partial charge in [-0.1, -0.05) is 35.1 Å². The van der Waals surface area contributed by atoms with Gasteiger partial charge in [0.05, 0.1) is 15.9 Å². The molecule has 2 heterocycles. The first-order valence-electron chi connectivity index (χ1n) is 7.43. The number of nitrogens with zero attached hydrogens (tertiary/aromatic N) is 3. The lowest BCUT2D eigenvalue weighted by Crippen LogP contribution is -2.15. The van der Waals surface area contributed by atoms with Crippen molar-refractivity contribution in [3.8, 4) is 5.75 Å². The van der Waals surface area contributed by atoms with E-state index in [1.54, 1.807) is 25.1 Å². The molecule has 2 aromatic heterocycles. The number of ether oxygens (including phenoxy) is 1. The third-order valence-corrected chi connectivity index (χ3v) is 5.03. The average Bonchev–Trinajstić information content (AvgIpc) is 3.02. The molecule has 0 bridgehead atoms. The summed E-state index contributed by atoms with van der Waals surface area (Å²) in [5.74, 6) is -0.0901. The van der Waals surface area contributed by atoms with Crippen molar-refractivity contribution in [2.45, 2.75) is 13.0 Å². The van der Waals surface area contributed by atoms with Crippen molar-refractivity contribution in [2.24, 2.45) is 0 Å². The van der Waals surface area contributed by atoms with Crippen molar-refractivity contribution in [3.05, 3.63) is 68.7 Å². The Bertz CT molecular complexity index is 1160. The molecule has 4 rings (SSSR count). The van der Waals surface area contributed by atoms with E-state index in [0.29, 0.717) is 26.6 Å². The van der Waals surface area contributed by atoms with E-state index in [9.17, 15) is 9.18 Å². The van der Waals surface area contributed by atoms with Crippen LogP contribution in [0.5, 0.6) is 5.75 Å². The molecule has 0 aliphatic carbocycles. The summed E-state index contributed by atoms with van der Waals surface area (Å²) in [5, 5.41) is 5.57. The number of para-hydroxylation sites is 1. The van der Waals surface area contributed by atoms with Crippen LogP contribution in [0.25, 0.3) is 15.9 Å². The van der Waals surface area contributed by atoms with Crippen LogP contribution >= 0.6 is 22.9 Å². The van der Waals surface area contributed by atoms with Gasteiger partial charge in [0.15, 0.2) is 5.01 Å². The fourth-order valence-corrected chi connectivity index (χ4v) is 3.54. The van der Waals surface area contributed by atoms with Gasteiger partial charge in [0.2, 0.25) is 4.96 Å². The molecule has 0 spiro atoms. The number of fused-ring (bicyclic) bond motifs is 2. The van der Waals surface area contributed by atoms with E-state index >= 15 is 0 Å². The first-order valence-corrected chi connectivity index (χ1v) is 8.62. The van der Waals surface area contributed by atoms with Crippen LogP contribution in [-0.2, 0) is 0 Å². The molecule has 0 fully saturated rings. The number of aromatic nitrogens is 3. The Hall–Kier alpha value is -2.51. The number of rotatable bonds is 3. The highest BCUT2D eigenvalue weighted by Crippen LogP contribution is 2.30. The Labute approximate surface area is 150 Å². The van der Waals surface area contributed by atoms with E-state index in [4.69, 9.17) is 16.3 Å². The lowest BCUT2D eigenvalue weighted by molar-refractivity contribution is 0.225. The predicted octanol–water partition coefficient (Wildman–Crippen LogP) is 4.24. The second-order valence-electron chi connectivity index (χ2n) is 5.40. The van der Waals surface area contributed by atoms with E-state index in [-0.39, 0.29) is 10.6 Å². The molecular formula is C17H11ClFN3O2S. The van der Waals surface area contributed by atoms with Gasteiger partial charge in [0.25, 0.3) is 5.56 Å². The monoisotopic (exact) mass is 375 g/mol. The molecule has 0 unspecified atom stereocenters. The van der Waals surface area contributed by atoms with Crippen molar-refractivity contribution < 1.29 is 9.13 Å². The van der Waals surface area contributed by atoms with E-state index in [0.717, 1.165) is 0 Å². The number of hydrogen-bond acceptors (Lipinski definition) is 5. The van der Waals surface area contributed by atoms with Crippen LogP contribution in [0, 0.1) is 5.82 Å². The maximum atomic E-state index is 13.1. The Morgan fingerprint density at radius 3 is 2.88 bits per heavy atom. The summed E-state index contributed by atoms with van der Waals surface area (Å²) in [7, 11) is 0. The highest BCUT2D eigenvalue weighted by molar-refractivity contribution is 7.16. The molecule has 126 valence electrons. The number of halogens is 2. The molecule has 0 N–H and O–H groups in total. The Balaban J connectivity index is 1.75. The highest BCUT2D eigenvalue weighted by atomic mass is 35.5. The summed E-state index contributed by atoms with van der Waals surface area (Å²) in [6.45, 7) is 1.78. The Kier molecular flexibility index (Phi) is 3.89. The number of hydrogen-bond donors (Lipinski definition) is 0. The molecule has 2 aromatic carbocycles. The van der Waals surface area contributed by atoms with Crippen LogP contribution in [0.15, 0.2) is 47.3 Å². The minimum Gasteiger partial charge on any atom is -0.482 e. The van der Waals surface area contributed by atoms with Gasteiger partial charge < -0.3 is 4.74 Å². The molecule has 0 saturated carbocycles. The quantitative estimate of drug-likeness (QED) is 0.537. The molecular weight excluding hydrogens is 365 g/mol. The van der Waals surface area contributed by atoms with Crippen molar-refractivity contribution >= 4 is 38.8 Å². The fourth-order valence-electron chi connectivity index (χ4n) is 2.45. The van der Waals surface area contributed by atoms with Gasteiger partial charge in [-0.15, -0.1) is 0 Å². The third-order valence-electron chi connectivity index (χ3n) is 3.66. The minimum atomic E-state index is -0.475. The maximum absolute atomic E-state index is 13.1. The van der Waals surface area contributed by atoms with Crippen LogP contribution in [0.3, 0.4) is 0 Å². The summed E-state index contributed by atoms with van der Waals surface area (Å²) in [6.07, 6.45) is -0.475. The van der Waals surface area contributed by atoms with Gasteiger partial charge in [-0.2, -0.15) is 9.61 Å². The Morgan fingerprint density at radius 1 is 1.28 bits per heavy atom. The van der Waals surface area contributed by atoms with Crippen LogP contribution in [-0.4, -0.2) is 14.6 Å². The second kappa shape index (κ2) is 6.09. The summed E-state index contributed by atoms with van der Waals surface area (Å²) < 4.78 is 20.2. The van der Waals surface area contributed by atoms with Gasteiger partial charge in [0.1, 0.15) is 17.7 Å². The predicted molar refractivity (Wildman–Crippen MR) is 95.1 cm³/mol. The van der Waals surface area contributed by atoms with Gasteiger partial charge in [-0.05, 0) is 37.3 Å². The van der Waals surface area contributed by atoms with Crippen molar-refractivity contribution in [2.75, 3.05) is 0 Å².